The monoisotopic (exact) mass is 622 g/mol. The van der Waals surface area contributed by atoms with Gasteiger partial charge in [0.15, 0.2) is 0 Å². The smallest absolute Gasteiger partial charge is 0.276 e. The Morgan fingerprint density at radius 1 is 0.739 bits per heavy atom. The highest BCUT2D eigenvalue weighted by Gasteiger charge is 2.21. The number of para-hydroxylation sites is 3. The average Bonchev–Trinajstić information content (AvgIpc) is 3.81. The molecule has 13 heteroatoms. The molecular weight excluding hydrogens is 584 g/mol. The van der Waals surface area contributed by atoms with Crippen molar-refractivity contribution in [2.45, 2.75) is 73.3 Å². The van der Waals surface area contributed by atoms with Crippen LogP contribution in [0, 0.1) is 13.8 Å². The number of aromatic nitrogens is 8. The lowest BCUT2D eigenvalue weighted by Gasteiger charge is -2.13. The maximum atomic E-state index is 13.3. The summed E-state index contributed by atoms with van der Waals surface area (Å²) in [5.41, 5.74) is 6.39. The quantitative estimate of drug-likeness (QED) is 0.164. The van der Waals surface area contributed by atoms with E-state index in [4.69, 9.17) is 9.97 Å². The van der Waals surface area contributed by atoms with E-state index in [-0.39, 0.29) is 18.4 Å². The number of carbonyl (C=O) groups excluding carboxylic acids is 2. The van der Waals surface area contributed by atoms with Crippen LogP contribution < -0.4 is 10.6 Å². The van der Waals surface area contributed by atoms with Crippen molar-refractivity contribution in [2.75, 3.05) is 10.6 Å². The molecule has 0 saturated carbocycles. The van der Waals surface area contributed by atoms with Gasteiger partial charge >= 0.3 is 0 Å². The van der Waals surface area contributed by atoms with Crippen LogP contribution in [-0.2, 0) is 32.8 Å². The van der Waals surface area contributed by atoms with Gasteiger partial charge in [0.25, 0.3) is 11.8 Å². The van der Waals surface area contributed by atoms with Crippen LogP contribution in [0.5, 0.6) is 0 Å². The molecule has 6 rings (SSSR count). The van der Waals surface area contributed by atoms with Gasteiger partial charge in [0.2, 0.25) is 11.9 Å². The van der Waals surface area contributed by atoms with E-state index in [1.54, 1.807) is 21.5 Å². The van der Waals surface area contributed by atoms with Crippen molar-refractivity contribution < 1.29 is 14.7 Å². The summed E-state index contributed by atoms with van der Waals surface area (Å²) in [5.74, 6) is 0.320. The minimum absolute atomic E-state index is 0.154. The highest BCUT2D eigenvalue weighted by atomic mass is 16.3. The highest BCUT2D eigenvalue weighted by Crippen LogP contribution is 2.26. The second-order valence-electron chi connectivity index (χ2n) is 11.2. The van der Waals surface area contributed by atoms with Crippen molar-refractivity contribution in [1.82, 2.24) is 38.7 Å². The van der Waals surface area contributed by atoms with Crippen molar-refractivity contribution in [3.63, 3.8) is 0 Å². The Kier molecular flexibility index (Phi) is 8.66. The molecule has 0 saturated heterocycles. The standard InChI is InChI=1S/C33H38N10O3/c1-5-42-27(18-21(3)38-42)30(45)36-32-34-24-13-7-8-15-26(24)40(32)16-9-10-17-41-29-23(20-44)12-11-14-25(29)35-33(41)37-31(46)28-19-22(4)39-43(28)6-2/h7-8,11-15,18-19,44H,5-6,9-10,16-17,20H2,1-4H3,(H,34,36,45)(H,35,37,46). The number of unbranched alkanes of at least 4 members (excludes halogenated alkanes) is 1. The number of benzene rings is 2. The Morgan fingerprint density at radius 2 is 1.28 bits per heavy atom. The molecule has 2 aromatic carbocycles. The first-order valence-electron chi connectivity index (χ1n) is 15.6. The Balaban J connectivity index is 1.24. The molecule has 4 heterocycles. The molecule has 0 spiro atoms. The van der Waals surface area contributed by atoms with E-state index in [2.05, 4.69) is 20.8 Å². The number of aryl methyl sites for hydroxylation is 6. The van der Waals surface area contributed by atoms with Crippen LogP contribution in [0.2, 0.25) is 0 Å². The first-order chi connectivity index (χ1) is 22.3. The number of nitrogens with one attached hydrogen (secondary N) is 2. The van der Waals surface area contributed by atoms with Gasteiger partial charge in [-0.1, -0.05) is 24.3 Å². The number of aliphatic hydroxyl groups excluding tert-OH is 1. The van der Waals surface area contributed by atoms with E-state index in [1.165, 1.54) is 0 Å². The molecule has 0 aliphatic carbocycles. The number of aliphatic hydroxyl groups is 1. The summed E-state index contributed by atoms with van der Waals surface area (Å²) in [5, 5.41) is 24.9. The predicted octanol–water partition coefficient (Wildman–Crippen LogP) is 4.91. The minimum atomic E-state index is -0.297. The van der Waals surface area contributed by atoms with Crippen molar-refractivity contribution in [3.8, 4) is 0 Å². The minimum Gasteiger partial charge on any atom is -0.392 e. The zero-order valence-corrected chi connectivity index (χ0v) is 26.5. The Labute approximate surface area is 265 Å². The van der Waals surface area contributed by atoms with E-state index in [1.807, 2.05) is 79.3 Å². The van der Waals surface area contributed by atoms with Gasteiger partial charge in [-0.3, -0.25) is 29.6 Å². The van der Waals surface area contributed by atoms with Crippen LogP contribution in [0.4, 0.5) is 11.9 Å². The van der Waals surface area contributed by atoms with Crippen LogP contribution in [0.25, 0.3) is 22.1 Å². The highest BCUT2D eigenvalue weighted by molar-refractivity contribution is 6.04. The third-order valence-electron chi connectivity index (χ3n) is 8.01. The van der Waals surface area contributed by atoms with Gasteiger partial charge in [-0.2, -0.15) is 10.2 Å². The van der Waals surface area contributed by atoms with Crippen molar-refractivity contribution in [1.29, 1.82) is 0 Å². The lowest BCUT2D eigenvalue weighted by molar-refractivity contribution is 0.100. The van der Waals surface area contributed by atoms with E-state index < -0.39 is 0 Å². The molecule has 46 heavy (non-hydrogen) atoms. The van der Waals surface area contributed by atoms with Crippen LogP contribution in [0.15, 0.2) is 54.6 Å². The number of carbonyl (C=O) groups is 2. The lowest BCUT2D eigenvalue weighted by atomic mass is 10.2. The Morgan fingerprint density at radius 3 is 1.89 bits per heavy atom. The SMILES string of the molecule is CCn1nc(C)cc1C(=O)Nc1nc2ccccc2n1CCCCn1c(NC(=O)c2cc(C)nn2CC)nc2cccc(CO)c21. The van der Waals surface area contributed by atoms with Crippen molar-refractivity contribution in [3.05, 3.63) is 82.9 Å². The first kappa shape index (κ1) is 30.7. The largest absolute Gasteiger partial charge is 0.392 e. The van der Waals surface area contributed by atoms with Gasteiger partial charge in [-0.05, 0) is 70.9 Å². The third-order valence-corrected chi connectivity index (χ3v) is 8.01. The van der Waals surface area contributed by atoms with Crippen LogP contribution >= 0.6 is 0 Å². The number of imidazole rings is 2. The predicted molar refractivity (Wildman–Crippen MR) is 176 cm³/mol. The molecule has 238 valence electrons. The summed E-state index contributed by atoms with van der Waals surface area (Å²) >= 11 is 0. The molecule has 4 aromatic heterocycles. The summed E-state index contributed by atoms with van der Waals surface area (Å²) in [4.78, 5) is 36.1. The summed E-state index contributed by atoms with van der Waals surface area (Å²) < 4.78 is 7.33. The molecule has 0 bridgehead atoms. The topological polar surface area (TPSA) is 150 Å². The number of rotatable bonds is 12. The van der Waals surface area contributed by atoms with E-state index in [0.29, 0.717) is 55.0 Å². The van der Waals surface area contributed by atoms with Crippen LogP contribution in [0.3, 0.4) is 0 Å². The zero-order chi connectivity index (χ0) is 32.4. The van der Waals surface area contributed by atoms with Gasteiger partial charge in [-0.15, -0.1) is 0 Å². The van der Waals surface area contributed by atoms with Crippen LogP contribution in [0.1, 0.15) is 64.6 Å². The number of hydrogen-bond acceptors (Lipinski definition) is 7. The molecular formula is C33H38N10O3. The fraction of sp³-hybridized carbons (Fsp3) is 0.333. The molecule has 0 radical (unpaired) electrons. The normalized spacial score (nSPS) is 11.5. The van der Waals surface area contributed by atoms with Crippen LogP contribution in [-0.4, -0.2) is 55.6 Å². The van der Waals surface area contributed by atoms with E-state index in [0.717, 1.165) is 46.3 Å². The van der Waals surface area contributed by atoms with Gasteiger partial charge in [-0.25, -0.2) is 9.97 Å². The third kappa shape index (κ3) is 5.88. The molecule has 0 aliphatic rings. The number of anilines is 2. The number of hydrogen-bond donors (Lipinski definition) is 3. The molecule has 0 fully saturated rings. The first-order valence-corrected chi connectivity index (χ1v) is 15.6. The summed E-state index contributed by atoms with van der Waals surface area (Å²) in [7, 11) is 0. The maximum Gasteiger partial charge on any atom is 0.276 e. The Bertz CT molecular complexity index is 2050. The average molecular weight is 623 g/mol. The Hall–Kier alpha value is -5.30. The lowest BCUT2D eigenvalue weighted by Crippen LogP contribution is -2.20. The van der Waals surface area contributed by atoms with Gasteiger partial charge in [0, 0.05) is 31.7 Å². The van der Waals surface area contributed by atoms with E-state index in [9.17, 15) is 14.7 Å². The fourth-order valence-electron chi connectivity index (χ4n) is 5.91. The molecule has 6 aromatic rings. The number of amides is 2. The van der Waals surface area contributed by atoms with Gasteiger partial charge in [0.1, 0.15) is 11.4 Å². The second kappa shape index (κ2) is 13.0. The maximum absolute atomic E-state index is 13.3. The number of fused-ring (bicyclic) bond motifs is 2. The second-order valence-corrected chi connectivity index (χ2v) is 11.2. The summed E-state index contributed by atoms with van der Waals surface area (Å²) in [6.07, 6.45) is 1.47. The van der Waals surface area contributed by atoms with E-state index >= 15 is 0 Å². The molecule has 13 nitrogen and oxygen atoms in total. The molecule has 3 N–H and O–H groups in total. The fourth-order valence-corrected chi connectivity index (χ4v) is 5.91. The molecule has 0 atom stereocenters. The molecule has 0 aliphatic heterocycles. The zero-order valence-electron chi connectivity index (χ0n) is 26.5. The number of nitrogens with zero attached hydrogens (tertiary/aromatic N) is 8. The van der Waals surface area contributed by atoms with Gasteiger partial charge in [0.05, 0.1) is 40.1 Å². The molecule has 2 amide bonds. The van der Waals surface area contributed by atoms with Gasteiger partial charge < -0.3 is 14.2 Å². The summed E-state index contributed by atoms with van der Waals surface area (Å²) in [6, 6.07) is 16.9. The molecule has 0 unspecified atom stereocenters. The van der Waals surface area contributed by atoms with Crippen molar-refractivity contribution >= 4 is 45.8 Å². The summed E-state index contributed by atoms with van der Waals surface area (Å²) in [6.45, 7) is 9.73. The van der Waals surface area contributed by atoms with Crippen molar-refractivity contribution in [2.24, 2.45) is 0 Å².